The zero-order valence-electron chi connectivity index (χ0n) is 18.3. The van der Waals surface area contributed by atoms with Gasteiger partial charge in [-0.25, -0.2) is 0 Å². The number of hydrogen-bond donors (Lipinski definition) is 5. The summed E-state index contributed by atoms with van der Waals surface area (Å²) in [6, 6.07) is 15.0. The van der Waals surface area contributed by atoms with Crippen LogP contribution in [0.25, 0.3) is 0 Å². The van der Waals surface area contributed by atoms with Crippen LogP contribution < -0.4 is 22.1 Å². The first-order chi connectivity index (χ1) is 14.3. The number of amides is 1. The Morgan fingerprint density at radius 3 is 2.37 bits per heavy atom. The average Bonchev–Trinajstić information content (AvgIpc) is 2.70. The zero-order valence-corrected chi connectivity index (χ0v) is 18.3. The predicted octanol–water partition coefficient (Wildman–Crippen LogP) is 1.87. The molecule has 0 spiro atoms. The van der Waals surface area contributed by atoms with Crippen LogP contribution in [-0.4, -0.2) is 42.2 Å². The highest BCUT2D eigenvalue weighted by Gasteiger charge is 2.24. The lowest BCUT2D eigenvalue weighted by molar-refractivity contribution is -0.124. The Labute approximate surface area is 180 Å². The predicted molar refractivity (Wildman–Crippen MR) is 122 cm³/mol. The molecule has 6 nitrogen and oxygen atoms in total. The van der Waals surface area contributed by atoms with Crippen LogP contribution in [0.15, 0.2) is 48.5 Å². The fourth-order valence-corrected chi connectivity index (χ4v) is 3.51. The SMILES string of the molecule is Cc1cc(C[C@@H](CN)NC(=O)[C@@H](NC[C@@H](N)Cc2ccccc2)C(C)C)ccc1O. The standard InChI is InChI=1S/C24H36N4O2/c1-16(2)23(27-15-20(26)12-18-7-5-4-6-8-18)24(30)28-21(14-25)13-19-9-10-22(29)17(3)11-19/h4-11,16,20-21,23,27,29H,12-15,25-26H2,1-3H3,(H,28,30)/t20-,21-,23-/m0/s1. The lowest BCUT2D eigenvalue weighted by Gasteiger charge is -2.26. The molecule has 0 aliphatic heterocycles. The molecule has 3 atom stereocenters. The number of rotatable bonds is 11. The first kappa shape index (κ1) is 23.9. The Bertz CT molecular complexity index is 795. The monoisotopic (exact) mass is 412 g/mol. The van der Waals surface area contributed by atoms with Gasteiger partial charge in [0.2, 0.25) is 5.91 Å². The molecule has 0 radical (unpaired) electrons. The van der Waals surface area contributed by atoms with Crippen molar-refractivity contribution in [3.63, 3.8) is 0 Å². The van der Waals surface area contributed by atoms with Crippen molar-refractivity contribution in [2.45, 2.75) is 51.7 Å². The summed E-state index contributed by atoms with van der Waals surface area (Å²) in [4.78, 5) is 12.9. The van der Waals surface area contributed by atoms with Crippen molar-refractivity contribution in [2.75, 3.05) is 13.1 Å². The molecular weight excluding hydrogens is 376 g/mol. The highest BCUT2D eigenvalue weighted by atomic mass is 16.3. The second-order valence-corrected chi connectivity index (χ2v) is 8.35. The van der Waals surface area contributed by atoms with E-state index in [1.165, 1.54) is 5.56 Å². The van der Waals surface area contributed by atoms with Crippen molar-refractivity contribution in [2.24, 2.45) is 17.4 Å². The molecule has 0 aliphatic carbocycles. The van der Waals surface area contributed by atoms with Crippen molar-refractivity contribution in [3.8, 4) is 5.75 Å². The van der Waals surface area contributed by atoms with E-state index in [2.05, 4.69) is 22.8 Å². The van der Waals surface area contributed by atoms with E-state index in [0.29, 0.717) is 19.5 Å². The van der Waals surface area contributed by atoms with Crippen LogP contribution in [0.3, 0.4) is 0 Å². The minimum Gasteiger partial charge on any atom is -0.508 e. The van der Waals surface area contributed by atoms with E-state index in [1.54, 1.807) is 6.07 Å². The Morgan fingerprint density at radius 1 is 1.07 bits per heavy atom. The molecule has 2 rings (SSSR count). The van der Waals surface area contributed by atoms with Crippen LogP contribution in [0.5, 0.6) is 5.75 Å². The topological polar surface area (TPSA) is 113 Å². The third-order valence-electron chi connectivity index (χ3n) is 5.26. The number of carbonyl (C=O) groups excluding carboxylic acids is 1. The maximum Gasteiger partial charge on any atom is 0.237 e. The molecule has 0 aliphatic rings. The molecule has 2 aromatic rings. The van der Waals surface area contributed by atoms with Crippen molar-refractivity contribution in [1.29, 1.82) is 0 Å². The van der Waals surface area contributed by atoms with Gasteiger partial charge in [-0.1, -0.05) is 56.3 Å². The van der Waals surface area contributed by atoms with Crippen LogP contribution in [-0.2, 0) is 17.6 Å². The number of aryl methyl sites for hydroxylation is 1. The van der Waals surface area contributed by atoms with Gasteiger partial charge in [0.1, 0.15) is 5.75 Å². The largest absolute Gasteiger partial charge is 0.508 e. The van der Waals surface area contributed by atoms with Crippen LogP contribution in [0, 0.1) is 12.8 Å². The van der Waals surface area contributed by atoms with Crippen molar-refractivity contribution in [3.05, 3.63) is 65.2 Å². The second-order valence-electron chi connectivity index (χ2n) is 8.35. The summed E-state index contributed by atoms with van der Waals surface area (Å²) in [5, 5.41) is 16.1. The molecule has 0 heterocycles. The lowest BCUT2D eigenvalue weighted by Crippen LogP contribution is -2.54. The Hall–Kier alpha value is -2.41. The number of benzene rings is 2. The number of nitrogens with one attached hydrogen (secondary N) is 2. The molecule has 164 valence electrons. The van der Waals surface area contributed by atoms with Gasteiger partial charge in [0.05, 0.1) is 6.04 Å². The molecule has 1 amide bonds. The van der Waals surface area contributed by atoms with Gasteiger partial charge in [-0.15, -0.1) is 0 Å². The van der Waals surface area contributed by atoms with E-state index in [9.17, 15) is 9.90 Å². The van der Waals surface area contributed by atoms with E-state index < -0.39 is 0 Å². The van der Waals surface area contributed by atoms with Crippen LogP contribution in [0.1, 0.15) is 30.5 Å². The normalized spacial score (nSPS) is 14.3. The van der Waals surface area contributed by atoms with E-state index in [4.69, 9.17) is 11.5 Å². The van der Waals surface area contributed by atoms with Crippen molar-refractivity contribution < 1.29 is 9.90 Å². The number of phenols is 1. The summed E-state index contributed by atoms with van der Waals surface area (Å²) in [6.45, 7) is 6.77. The van der Waals surface area contributed by atoms with Gasteiger partial charge in [0.25, 0.3) is 0 Å². The van der Waals surface area contributed by atoms with Gasteiger partial charge in [-0.05, 0) is 48.4 Å². The van der Waals surface area contributed by atoms with Gasteiger partial charge in [-0.2, -0.15) is 0 Å². The molecule has 2 aromatic carbocycles. The average molecular weight is 413 g/mol. The summed E-state index contributed by atoms with van der Waals surface area (Å²) in [7, 11) is 0. The number of nitrogens with two attached hydrogens (primary N) is 2. The molecule has 0 aromatic heterocycles. The van der Waals surface area contributed by atoms with Gasteiger partial charge in [0.15, 0.2) is 0 Å². The maximum absolute atomic E-state index is 12.9. The zero-order chi connectivity index (χ0) is 22.1. The Balaban J connectivity index is 1.91. The molecule has 0 fully saturated rings. The quantitative estimate of drug-likeness (QED) is 0.387. The fraction of sp³-hybridized carbons (Fsp3) is 0.458. The van der Waals surface area contributed by atoms with Gasteiger partial charge >= 0.3 is 0 Å². The maximum atomic E-state index is 12.9. The number of hydrogen-bond acceptors (Lipinski definition) is 5. The summed E-state index contributed by atoms with van der Waals surface area (Å²) in [5.41, 5.74) is 15.2. The third kappa shape index (κ3) is 7.44. The minimum atomic E-state index is -0.345. The first-order valence-electron chi connectivity index (χ1n) is 10.6. The molecular formula is C24H36N4O2. The fourth-order valence-electron chi connectivity index (χ4n) is 3.51. The van der Waals surface area contributed by atoms with Crippen LogP contribution in [0.4, 0.5) is 0 Å². The second kappa shape index (κ2) is 11.7. The first-order valence-corrected chi connectivity index (χ1v) is 10.6. The smallest absolute Gasteiger partial charge is 0.237 e. The van der Waals surface area contributed by atoms with Crippen LogP contribution >= 0.6 is 0 Å². The Kier molecular flexibility index (Phi) is 9.30. The van der Waals surface area contributed by atoms with E-state index in [-0.39, 0.29) is 35.7 Å². The highest BCUT2D eigenvalue weighted by molar-refractivity contribution is 5.82. The van der Waals surface area contributed by atoms with E-state index in [1.807, 2.05) is 51.1 Å². The summed E-state index contributed by atoms with van der Waals surface area (Å²) >= 11 is 0. The Morgan fingerprint density at radius 2 is 1.77 bits per heavy atom. The summed E-state index contributed by atoms with van der Waals surface area (Å²) < 4.78 is 0. The van der Waals surface area contributed by atoms with Gasteiger partial charge < -0.3 is 27.2 Å². The van der Waals surface area contributed by atoms with Gasteiger partial charge in [-0.3, -0.25) is 4.79 Å². The molecule has 0 saturated heterocycles. The van der Waals surface area contributed by atoms with E-state index in [0.717, 1.165) is 17.5 Å². The molecule has 30 heavy (non-hydrogen) atoms. The lowest BCUT2D eigenvalue weighted by atomic mass is 10.00. The number of aromatic hydroxyl groups is 1. The molecule has 0 bridgehead atoms. The summed E-state index contributed by atoms with van der Waals surface area (Å²) in [6.07, 6.45) is 1.37. The number of carbonyl (C=O) groups is 1. The van der Waals surface area contributed by atoms with Crippen molar-refractivity contribution >= 4 is 5.91 Å². The van der Waals surface area contributed by atoms with Crippen LogP contribution in [0.2, 0.25) is 0 Å². The molecule has 7 N–H and O–H groups in total. The molecule has 0 unspecified atom stereocenters. The number of phenolic OH excluding ortho intramolecular Hbond substituents is 1. The van der Waals surface area contributed by atoms with Gasteiger partial charge in [0, 0.05) is 25.2 Å². The third-order valence-corrected chi connectivity index (χ3v) is 5.26. The molecule has 0 saturated carbocycles. The summed E-state index contributed by atoms with van der Waals surface area (Å²) in [5.74, 6) is 0.314. The van der Waals surface area contributed by atoms with E-state index >= 15 is 0 Å². The highest BCUT2D eigenvalue weighted by Crippen LogP contribution is 2.18. The van der Waals surface area contributed by atoms with Crippen molar-refractivity contribution in [1.82, 2.24) is 10.6 Å². The molecule has 6 heteroatoms. The minimum absolute atomic E-state index is 0.0668.